The highest BCUT2D eigenvalue weighted by Gasteiger charge is 2.26. The molecule has 0 aromatic rings. The Morgan fingerprint density at radius 1 is 1.25 bits per heavy atom. The molecule has 134 valence electrons. The largest absolute Gasteiger partial charge is 0.349 e. The highest BCUT2D eigenvalue weighted by atomic mass is 32.1. The first-order valence-corrected chi connectivity index (χ1v) is 9.58. The van der Waals surface area contributed by atoms with Crippen LogP contribution in [0.3, 0.4) is 0 Å². The van der Waals surface area contributed by atoms with E-state index in [1.807, 2.05) is 0 Å². The summed E-state index contributed by atoms with van der Waals surface area (Å²) in [5, 5.41) is 2.92. The molecule has 0 aromatic carbocycles. The SMILES string of the molecule is C=C(CC/C(=C\C)N1CCC2=C1CCCC2)NC(=O)CCCNS. The first kappa shape index (κ1) is 19.1. The van der Waals surface area contributed by atoms with E-state index in [0.717, 1.165) is 38.0 Å². The molecule has 1 aliphatic carbocycles. The molecule has 0 atom stereocenters. The van der Waals surface area contributed by atoms with Gasteiger partial charge in [0.2, 0.25) is 5.91 Å². The zero-order valence-electron chi connectivity index (χ0n) is 14.9. The molecule has 2 rings (SSSR count). The predicted octanol–water partition coefficient (Wildman–Crippen LogP) is 4.05. The summed E-state index contributed by atoms with van der Waals surface area (Å²) in [6, 6.07) is 0. The Morgan fingerprint density at radius 3 is 2.79 bits per heavy atom. The van der Waals surface area contributed by atoms with Gasteiger partial charge in [0.05, 0.1) is 0 Å². The van der Waals surface area contributed by atoms with Crippen LogP contribution >= 0.6 is 12.8 Å². The van der Waals surface area contributed by atoms with Gasteiger partial charge in [0.15, 0.2) is 0 Å². The predicted molar refractivity (Wildman–Crippen MR) is 103 cm³/mol. The molecule has 0 aromatic heterocycles. The first-order valence-electron chi connectivity index (χ1n) is 9.14. The fourth-order valence-electron chi connectivity index (χ4n) is 3.61. The van der Waals surface area contributed by atoms with Gasteiger partial charge in [-0.25, -0.2) is 0 Å². The molecule has 0 saturated carbocycles. The van der Waals surface area contributed by atoms with Gasteiger partial charge in [0, 0.05) is 36.6 Å². The van der Waals surface area contributed by atoms with Crippen molar-refractivity contribution in [1.82, 2.24) is 14.9 Å². The molecule has 0 radical (unpaired) electrons. The zero-order valence-corrected chi connectivity index (χ0v) is 15.8. The van der Waals surface area contributed by atoms with Crippen molar-refractivity contribution in [3.63, 3.8) is 0 Å². The van der Waals surface area contributed by atoms with Gasteiger partial charge in [-0.15, -0.1) is 0 Å². The van der Waals surface area contributed by atoms with Gasteiger partial charge in [-0.05, 0) is 63.9 Å². The van der Waals surface area contributed by atoms with Crippen molar-refractivity contribution in [3.05, 3.63) is 35.3 Å². The van der Waals surface area contributed by atoms with Crippen LogP contribution in [0.1, 0.15) is 64.7 Å². The van der Waals surface area contributed by atoms with E-state index in [0.29, 0.717) is 6.42 Å². The van der Waals surface area contributed by atoms with Gasteiger partial charge in [-0.1, -0.05) is 25.5 Å². The maximum atomic E-state index is 11.8. The van der Waals surface area contributed by atoms with Gasteiger partial charge in [-0.2, -0.15) is 0 Å². The molecule has 0 unspecified atom stereocenters. The molecule has 5 heteroatoms. The molecule has 0 fully saturated rings. The molecule has 24 heavy (non-hydrogen) atoms. The molecule has 4 nitrogen and oxygen atoms in total. The zero-order chi connectivity index (χ0) is 17.4. The second-order valence-corrected chi connectivity index (χ2v) is 6.92. The number of amides is 1. The van der Waals surface area contributed by atoms with Gasteiger partial charge < -0.3 is 10.2 Å². The third-order valence-electron chi connectivity index (χ3n) is 4.88. The van der Waals surface area contributed by atoms with E-state index in [9.17, 15) is 4.79 Å². The van der Waals surface area contributed by atoms with Crippen molar-refractivity contribution >= 4 is 18.7 Å². The average molecular weight is 350 g/mol. The quantitative estimate of drug-likeness (QED) is 0.435. The summed E-state index contributed by atoms with van der Waals surface area (Å²) in [6.45, 7) is 7.99. The van der Waals surface area contributed by atoms with Crippen molar-refractivity contribution in [1.29, 1.82) is 0 Å². The third-order valence-corrected chi connectivity index (χ3v) is 5.11. The van der Waals surface area contributed by atoms with Crippen molar-refractivity contribution in [2.24, 2.45) is 0 Å². The molecule has 1 amide bonds. The van der Waals surface area contributed by atoms with Gasteiger partial charge in [0.1, 0.15) is 0 Å². The van der Waals surface area contributed by atoms with Gasteiger partial charge in [-0.3, -0.25) is 9.52 Å². The number of hydrogen-bond acceptors (Lipinski definition) is 4. The van der Waals surface area contributed by atoms with E-state index >= 15 is 0 Å². The van der Waals surface area contributed by atoms with E-state index in [2.05, 4.69) is 47.3 Å². The monoisotopic (exact) mass is 349 g/mol. The Labute approximate surface area is 152 Å². The van der Waals surface area contributed by atoms with Crippen LogP contribution in [0.25, 0.3) is 0 Å². The second kappa shape index (κ2) is 9.94. The molecule has 1 aliphatic heterocycles. The lowest BCUT2D eigenvalue weighted by Crippen LogP contribution is -2.24. The van der Waals surface area contributed by atoms with Crippen molar-refractivity contribution < 1.29 is 4.79 Å². The lowest BCUT2D eigenvalue weighted by Gasteiger charge is -2.28. The van der Waals surface area contributed by atoms with Crippen LogP contribution < -0.4 is 10.0 Å². The minimum atomic E-state index is 0.0454. The number of thiol groups is 1. The molecule has 2 N–H and O–H groups in total. The molecule has 2 aliphatic rings. The Bertz CT molecular complexity index is 525. The fraction of sp³-hybridized carbons (Fsp3) is 0.632. The Morgan fingerprint density at radius 2 is 2.04 bits per heavy atom. The summed E-state index contributed by atoms with van der Waals surface area (Å²) in [6.07, 6.45) is 11.6. The summed E-state index contributed by atoms with van der Waals surface area (Å²) in [5.74, 6) is 0.0454. The number of carbonyl (C=O) groups excluding carboxylic acids is 1. The standard InChI is InChI=1S/C19H31N3OS/c1-3-17(22-14-12-16-7-4-5-8-18(16)22)11-10-15(2)21-19(23)9-6-13-20-24/h3,20,24H,2,4-14H2,1H3,(H,21,23)/b17-3+. The first-order chi connectivity index (χ1) is 11.7. The van der Waals surface area contributed by atoms with Crippen LogP contribution in [0.5, 0.6) is 0 Å². The Kier molecular flexibility index (Phi) is 7.92. The molecular weight excluding hydrogens is 318 g/mol. The summed E-state index contributed by atoms with van der Waals surface area (Å²) in [5.41, 5.74) is 5.43. The number of carbonyl (C=O) groups is 1. The van der Waals surface area contributed by atoms with E-state index in [1.165, 1.54) is 37.8 Å². The van der Waals surface area contributed by atoms with Crippen molar-refractivity contribution in [2.75, 3.05) is 13.1 Å². The van der Waals surface area contributed by atoms with Crippen LogP contribution in [0.15, 0.2) is 35.3 Å². The highest BCUT2D eigenvalue weighted by Crippen LogP contribution is 2.37. The molecule has 0 bridgehead atoms. The third kappa shape index (κ3) is 5.42. The maximum absolute atomic E-state index is 11.8. The van der Waals surface area contributed by atoms with Crippen LogP contribution in [-0.4, -0.2) is 23.9 Å². The lowest BCUT2D eigenvalue weighted by atomic mass is 9.96. The van der Waals surface area contributed by atoms with Gasteiger partial charge in [0.25, 0.3) is 0 Å². The average Bonchev–Trinajstić information content (AvgIpc) is 3.00. The minimum Gasteiger partial charge on any atom is -0.349 e. The second-order valence-electron chi connectivity index (χ2n) is 6.60. The van der Waals surface area contributed by atoms with Gasteiger partial charge >= 0.3 is 0 Å². The molecule has 0 spiro atoms. The van der Waals surface area contributed by atoms with Crippen LogP contribution in [-0.2, 0) is 4.79 Å². The van der Waals surface area contributed by atoms with Crippen LogP contribution in [0, 0.1) is 0 Å². The summed E-state index contributed by atoms with van der Waals surface area (Å²) >= 11 is 3.92. The van der Waals surface area contributed by atoms with Crippen molar-refractivity contribution in [3.8, 4) is 0 Å². The number of nitrogens with one attached hydrogen (secondary N) is 2. The Hall–Kier alpha value is -1.20. The lowest BCUT2D eigenvalue weighted by molar-refractivity contribution is -0.120. The summed E-state index contributed by atoms with van der Waals surface area (Å²) in [4.78, 5) is 14.3. The smallest absolute Gasteiger partial charge is 0.224 e. The van der Waals surface area contributed by atoms with Crippen molar-refractivity contribution in [2.45, 2.75) is 64.7 Å². The number of rotatable bonds is 9. The molecule has 1 heterocycles. The fourth-order valence-corrected chi connectivity index (χ4v) is 3.77. The number of nitrogens with zero attached hydrogens (tertiary/aromatic N) is 1. The van der Waals surface area contributed by atoms with Crippen LogP contribution in [0.2, 0.25) is 0 Å². The van der Waals surface area contributed by atoms with E-state index in [1.54, 1.807) is 11.3 Å². The highest BCUT2D eigenvalue weighted by molar-refractivity contribution is 7.78. The van der Waals surface area contributed by atoms with E-state index < -0.39 is 0 Å². The number of allylic oxidation sites excluding steroid dienone is 4. The van der Waals surface area contributed by atoms with E-state index in [-0.39, 0.29) is 5.91 Å². The summed E-state index contributed by atoms with van der Waals surface area (Å²) < 4.78 is 2.75. The maximum Gasteiger partial charge on any atom is 0.224 e. The van der Waals surface area contributed by atoms with Crippen LogP contribution in [0.4, 0.5) is 0 Å². The molecular formula is C19H31N3OS. The topological polar surface area (TPSA) is 44.4 Å². The number of hydrogen-bond donors (Lipinski definition) is 3. The minimum absolute atomic E-state index is 0.0454. The molecule has 0 saturated heterocycles. The normalized spacial score (nSPS) is 17.9. The summed E-state index contributed by atoms with van der Waals surface area (Å²) in [7, 11) is 0. The Balaban J connectivity index is 1.78. The van der Waals surface area contributed by atoms with E-state index in [4.69, 9.17) is 0 Å².